The molecule has 4 rings (SSSR count). The minimum absolute atomic E-state index is 0.0873. The first-order valence-electron chi connectivity index (χ1n) is 7.01. The molecule has 2 aromatic heterocycles. The van der Waals surface area contributed by atoms with Crippen LogP contribution >= 0.6 is 0 Å². The second-order valence-corrected chi connectivity index (χ2v) is 5.24. The molecule has 0 bridgehead atoms. The van der Waals surface area contributed by atoms with Gasteiger partial charge in [-0.2, -0.15) is 0 Å². The van der Waals surface area contributed by atoms with Gasteiger partial charge < -0.3 is 19.2 Å². The van der Waals surface area contributed by atoms with E-state index in [0.717, 1.165) is 5.39 Å². The summed E-state index contributed by atoms with van der Waals surface area (Å²) < 4.78 is 7.42. The highest BCUT2D eigenvalue weighted by Gasteiger charge is 2.17. The summed E-state index contributed by atoms with van der Waals surface area (Å²) in [5.41, 5.74) is 1.41. The third-order valence-electron chi connectivity index (χ3n) is 3.97. The van der Waals surface area contributed by atoms with Gasteiger partial charge in [0.15, 0.2) is 0 Å². The molecule has 5 heteroatoms. The second-order valence-electron chi connectivity index (χ2n) is 5.24. The number of aryl methyl sites for hydroxylation is 1. The largest absolute Gasteiger partial charge is 0.508 e. The third kappa shape index (κ3) is 1.56. The van der Waals surface area contributed by atoms with Crippen molar-refractivity contribution >= 4 is 32.8 Å². The zero-order valence-electron chi connectivity index (χ0n) is 11.8. The highest BCUT2D eigenvalue weighted by Crippen LogP contribution is 2.34. The van der Waals surface area contributed by atoms with E-state index >= 15 is 0 Å². The van der Waals surface area contributed by atoms with E-state index in [0.29, 0.717) is 34.0 Å². The van der Waals surface area contributed by atoms with Crippen molar-refractivity contribution in [2.24, 2.45) is 0 Å². The number of nitrogens with zero attached hydrogens (tertiary/aromatic N) is 1. The molecule has 22 heavy (non-hydrogen) atoms. The quantitative estimate of drug-likeness (QED) is 0.565. The predicted octanol–water partition coefficient (Wildman–Crippen LogP) is 3.33. The Morgan fingerprint density at radius 2 is 1.73 bits per heavy atom. The molecule has 2 heterocycles. The fourth-order valence-electron chi connectivity index (χ4n) is 2.98. The van der Waals surface area contributed by atoms with Crippen LogP contribution < -0.4 is 5.56 Å². The Balaban J connectivity index is 2.35. The summed E-state index contributed by atoms with van der Waals surface area (Å²) in [5, 5.41) is 21.2. The van der Waals surface area contributed by atoms with Crippen LogP contribution in [0.5, 0.6) is 11.5 Å². The number of aromatic nitrogens is 1. The maximum absolute atomic E-state index is 12.8. The predicted molar refractivity (Wildman–Crippen MR) is 84.5 cm³/mol. The van der Waals surface area contributed by atoms with E-state index in [-0.39, 0.29) is 17.1 Å². The first-order chi connectivity index (χ1) is 10.6. The summed E-state index contributed by atoms with van der Waals surface area (Å²) in [5.74, 6) is 0.187. The summed E-state index contributed by atoms with van der Waals surface area (Å²) in [6.45, 7) is 2.37. The molecule has 0 spiro atoms. The topological polar surface area (TPSA) is 75.6 Å². The number of phenols is 2. The number of furan rings is 1. The number of aromatic hydroxyl groups is 2. The number of phenolic OH excluding ortho intramolecular Hbond substituents is 2. The van der Waals surface area contributed by atoms with Gasteiger partial charge in [-0.25, -0.2) is 0 Å². The molecule has 5 nitrogen and oxygen atoms in total. The van der Waals surface area contributed by atoms with E-state index in [9.17, 15) is 15.0 Å². The van der Waals surface area contributed by atoms with Crippen molar-refractivity contribution < 1.29 is 14.6 Å². The van der Waals surface area contributed by atoms with Gasteiger partial charge in [-0.3, -0.25) is 4.79 Å². The Morgan fingerprint density at radius 3 is 2.45 bits per heavy atom. The minimum Gasteiger partial charge on any atom is -0.508 e. The lowest BCUT2D eigenvalue weighted by molar-refractivity contribution is 0.474. The molecule has 0 aliphatic rings. The molecular formula is C17H13NO4. The first kappa shape index (κ1) is 12.8. The van der Waals surface area contributed by atoms with Crippen molar-refractivity contribution in [3.05, 3.63) is 46.8 Å². The molecule has 0 saturated carbocycles. The summed E-state index contributed by atoms with van der Waals surface area (Å²) in [6, 6.07) is 9.58. The van der Waals surface area contributed by atoms with Gasteiger partial charge in [0, 0.05) is 29.4 Å². The SMILES string of the molecule is CCn1c(=O)c2c3ccc(O)cc3oc2c2ccc(O)cc21. The van der Waals surface area contributed by atoms with Crippen LogP contribution in [0.1, 0.15) is 6.92 Å². The summed E-state index contributed by atoms with van der Waals surface area (Å²) >= 11 is 0. The summed E-state index contributed by atoms with van der Waals surface area (Å²) in [7, 11) is 0. The average molecular weight is 295 g/mol. The van der Waals surface area contributed by atoms with Crippen LogP contribution in [0.3, 0.4) is 0 Å². The van der Waals surface area contributed by atoms with E-state index in [1.54, 1.807) is 28.8 Å². The van der Waals surface area contributed by atoms with Crippen LogP contribution in [0.25, 0.3) is 32.8 Å². The molecule has 0 unspecified atom stereocenters. The highest BCUT2D eigenvalue weighted by atomic mass is 16.3. The molecule has 0 amide bonds. The molecule has 4 aromatic rings. The van der Waals surface area contributed by atoms with Crippen LogP contribution in [-0.2, 0) is 6.54 Å². The minimum atomic E-state index is -0.167. The Morgan fingerprint density at radius 1 is 1.05 bits per heavy atom. The van der Waals surface area contributed by atoms with Crippen molar-refractivity contribution in [3.8, 4) is 11.5 Å². The van der Waals surface area contributed by atoms with Gasteiger partial charge in [-0.15, -0.1) is 0 Å². The fraction of sp³-hybridized carbons (Fsp3) is 0.118. The Bertz CT molecular complexity index is 1100. The van der Waals surface area contributed by atoms with Crippen molar-refractivity contribution in [3.63, 3.8) is 0 Å². The zero-order valence-corrected chi connectivity index (χ0v) is 11.8. The third-order valence-corrected chi connectivity index (χ3v) is 3.97. The molecule has 2 N–H and O–H groups in total. The van der Waals surface area contributed by atoms with Crippen molar-refractivity contribution in [1.82, 2.24) is 4.57 Å². The lowest BCUT2D eigenvalue weighted by atomic mass is 10.1. The Labute approximate surface area is 124 Å². The monoisotopic (exact) mass is 295 g/mol. The molecule has 0 atom stereocenters. The van der Waals surface area contributed by atoms with Gasteiger partial charge in [0.2, 0.25) is 0 Å². The Hall–Kier alpha value is -2.95. The van der Waals surface area contributed by atoms with Crippen molar-refractivity contribution in [2.75, 3.05) is 0 Å². The lowest BCUT2D eigenvalue weighted by Crippen LogP contribution is -2.19. The van der Waals surface area contributed by atoms with Gasteiger partial charge in [0.25, 0.3) is 5.56 Å². The van der Waals surface area contributed by atoms with Gasteiger partial charge in [0.1, 0.15) is 22.7 Å². The van der Waals surface area contributed by atoms with Gasteiger partial charge in [-0.05, 0) is 31.2 Å². The zero-order chi connectivity index (χ0) is 15.4. The number of pyridine rings is 1. The number of rotatable bonds is 1. The van der Waals surface area contributed by atoms with Crippen molar-refractivity contribution in [1.29, 1.82) is 0 Å². The molecular weight excluding hydrogens is 282 g/mol. The number of hydrogen-bond acceptors (Lipinski definition) is 4. The average Bonchev–Trinajstić information content (AvgIpc) is 2.86. The maximum atomic E-state index is 12.8. The first-order valence-corrected chi connectivity index (χ1v) is 7.01. The van der Waals surface area contributed by atoms with E-state index in [1.807, 2.05) is 6.92 Å². The number of hydrogen-bond donors (Lipinski definition) is 2. The molecule has 0 radical (unpaired) electrons. The van der Waals surface area contributed by atoms with Gasteiger partial charge in [0.05, 0.1) is 10.9 Å². The summed E-state index contributed by atoms with van der Waals surface area (Å²) in [6.07, 6.45) is 0. The van der Waals surface area contributed by atoms with Crippen LogP contribution in [0.2, 0.25) is 0 Å². The molecule has 110 valence electrons. The van der Waals surface area contributed by atoms with Gasteiger partial charge in [-0.1, -0.05) is 0 Å². The van der Waals surface area contributed by atoms with Gasteiger partial charge >= 0.3 is 0 Å². The highest BCUT2D eigenvalue weighted by molar-refractivity contribution is 6.14. The van der Waals surface area contributed by atoms with Crippen LogP contribution in [0.4, 0.5) is 0 Å². The fourth-order valence-corrected chi connectivity index (χ4v) is 2.98. The molecule has 0 aliphatic carbocycles. The lowest BCUT2D eigenvalue weighted by Gasteiger charge is -2.08. The van der Waals surface area contributed by atoms with E-state index < -0.39 is 0 Å². The Kier molecular flexibility index (Phi) is 2.48. The number of benzene rings is 2. The normalized spacial score (nSPS) is 11.7. The number of fused-ring (bicyclic) bond motifs is 5. The summed E-state index contributed by atoms with van der Waals surface area (Å²) in [4.78, 5) is 12.8. The molecule has 2 aromatic carbocycles. The van der Waals surface area contributed by atoms with Crippen LogP contribution in [0, 0.1) is 0 Å². The molecule has 0 fully saturated rings. The maximum Gasteiger partial charge on any atom is 0.262 e. The van der Waals surface area contributed by atoms with E-state index in [1.165, 1.54) is 12.1 Å². The molecule has 0 aliphatic heterocycles. The van der Waals surface area contributed by atoms with E-state index in [2.05, 4.69) is 0 Å². The van der Waals surface area contributed by atoms with E-state index in [4.69, 9.17) is 4.42 Å². The molecule has 0 saturated heterocycles. The second kappa shape index (κ2) is 4.27. The van der Waals surface area contributed by atoms with Crippen LogP contribution in [-0.4, -0.2) is 14.8 Å². The van der Waals surface area contributed by atoms with Crippen molar-refractivity contribution in [2.45, 2.75) is 13.5 Å². The smallest absolute Gasteiger partial charge is 0.262 e. The standard InChI is InChI=1S/C17H13NO4/c1-2-18-13-7-9(19)3-5-11(13)16-15(17(18)21)12-6-4-10(20)8-14(12)22-16/h3-8,19-20H,2H2,1H3. The van der Waals surface area contributed by atoms with Crippen LogP contribution in [0.15, 0.2) is 45.6 Å².